The van der Waals surface area contributed by atoms with E-state index in [1.807, 2.05) is 55.8 Å². The minimum atomic E-state index is -0.289. The smallest absolute Gasteiger partial charge is 0.234 e. The van der Waals surface area contributed by atoms with E-state index in [2.05, 4.69) is 46.7 Å². The Balaban J connectivity index is 0.725. The van der Waals surface area contributed by atoms with Crippen LogP contribution in [0, 0.1) is 29.1 Å². The number of amides is 2. The Kier molecular flexibility index (Phi) is 10.5. The van der Waals surface area contributed by atoms with E-state index < -0.39 is 0 Å². The zero-order chi connectivity index (χ0) is 38.9. The molecular weight excluding hydrogens is 737 g/mol. The number of aromatic nitrogens is 6. The van der Waals surface area contributed by atoms with Crippen molar-refractivity contribution >= 4 is 45.3 Å². The summed E-state index contributed by atoms with van der Waals surface area (Å²) in [5.41, 5.74) is 5.75. The maximum Gasteiger partial charge on any atom is 0.234 e. The first-order chi connectivity index (χ1) is 27.9. The Morgan fingerprint density at radius 2 is 1.63 bits per heavy atom. The summed E-state index contributed by atoms with van der Waals surface area (Å²) in [5.74, 6) is 2.58. The Bertz CT molecular complexity index is 2280. The molecule has 0 aromatic carbocycles. The molecule has 9 rings (SSSR count). The highest BCUT2D eigenvalue weighted by Gasteiger charge is 2.33. The number of nitrogens with zero attached hydrogens (tertiary/aromatic N) is 10. The van der Waals surface area contributed by atoms with Crippen LogP contribution in [-0.2, 0) is 9.59 Å². The minimum absolute atomic E-state index is 0.187. The molecule has 1 atom stereocenters. The fourth-order valence-corrected chi connectivity index (χ4v) is 10.3. The summed E-state index contributed by atoms with van der Waals surface area (Å²) in [5, 5.41) is 30.5. The molecule has 57 heavy (non-hydrogen) atoms. The number of pyridine rings is 2. The average molecular weight is 785 g/mol. The number of hydrogen-bond donors (Lipinski definition) is 2. The van der Waals surface area contributed by atoms with E-state index in [-0.39, 0.29) is 17.7 Å². The first-order valence-corrected chi connectivity index (χ1v) is 21.2. The predicted octanol–water partition coefficient (Wildman–Crippen LogP) is 5.59. The van der Waals surface area contributed by atoms with Gasteiger partial charge in [-0.2, -0.15) is 10.4 Å². The van der Waals surface area contributed by atoms with Crippen LogP contribution in [0.1, 0.15) is 68.4 Å². The topological polar surface area (TPSA) is 161 Å². The molecule has 2 amide bonds. The molecule has 4 aliphatic rings. The SMILES string of the molecule is CNc1cc(-c2ccc3cc(C#N)cnn23)ncc1-c1nnc(N2CCC(C3CCN(CC4CCN(c5ccc([C@H]6CCC(=O)NC6=O)cn5)CC4)CC3)CC2)s1. The number of fused-ring (bicyclic) bond motifs is 1. The van der Waals surface area contributed by atoms with Crippen molar-refractivity contribution in [1.82, 2.24) is 40.0 Å². The highest BCUT2D eigenvalue weighted by molar-refractivity contribution is 7.18. The van der Waals surface area contributed by atoms with Gasteiger partial charge in [0.05, 0.1) is 40.1 Å². The van der Waals surface area contributed by atoms with Crippen molar-refractivity contribution < 1.29 is 9.59 Å². The molecule has 0 bridgehead atoms. The highest BCUT2D eigenvalue weighted by atomic mass is 32.1. The van der Waals surface area contributed by atoms with Gasteiger partial charge in [0, 0.05) is 64.3 Å². The lowest BCUT2D eigenvalue weighted by molar-refractivity contribution is -0.134. The fourth-order valence-electron chi connectivity index (χ4n) is 9.36. The van der Waals surface area contributed by atoms with Crippen LogP contribution in [0.25, 0.3) is 27.5 Å². The van der Waals surface area contributed by atoms with Gasteiger partial charge in [-0.15, -0.1) is 10.2 Å². The van der Waals surface area contributed by atoms with Crippen LogP contribution in [-0.4, -0.2) is 99.4 Å². The number of nitriles is 1. The van der Waals surface area contributed by atoms with E-state index in [9.17, 15) is 14.9 Å². The van der Waals surface area contributed by atoms with E-state index in [0.29, 0.717) is 18.4 Å². The van der Waals surface area contributed by atoms with Crippen LogP contribution in [0.4, 0.5) is 16.6 Å². The van der Waals surface area contributed by atoms with Crippen LogP contribution in [0.3, 0.4) is 0 Å². The molecule has 4 aliphatic heterocycles. The molecule has 294 valence electrons. The number of carbonyl (C=O) groups is 2. The lowest BCUT2D eigenvalue weighted by Gasteiger charge is -2.41. The van der Waals surface area contributed by atoms with Crippen LogP contribution in [0.15, 0.2) is 55.0 Å². The molecule has 0 aliphatic carbocycles. The first kappa shape index (κ1) is 37.1. The number of carbonyl (C=O) groups excluding carboxylic acids is 2. The standard InChI is InChI=1S/C42H48N12O2S/c1-44-35-21-36(37-5-3-32-20-28(22-43)23-47-54(32)37)45-25-34(35)41-49-50-42(57-41)53-18-12-30(13-19-53)29-10-14-51(15-11-29)26-27-8-16-52(17-9-27)38-6-2-31(24-46-38)33-4-7-39(55)48-40(33)56/h2-3,5-6,20-21,23-25,27,29-30,33H,4,7-19,26H2,1H3,(H,44,45)(H,48,55,56)/t33-/m1/s1. The van der Waals surface area contributed by atoms with E-state index in [0.717, 1.165) is 93.6 Å². The van der Waals surface area contributed by atoms with Crippen LogP contribution >= 0.6 is 11.3 Å². The predicted molar refractivity (Wildman–Crippen MR) is 220 cm³/mol. The first-order valence-electron chi connectivity index (χ1n) is 20.3. The molecule has 15 heteroatoms. The summed E-state index contributed by atoms with van der Waals surface area (Å²) in [7, 11) is 1.91. The zero-order valence-electron chi connectivity index (χ0n) is 32.3. The normalized spacial score (nSPS) is 20.5. The van der Waals surface area contributed by atoms with Gasteiger partial charge in [0.15, 0.2) is 5.01 Å². The molecule has 14 nitrogen and oxygen atoms in total. The van der Waals surface area contributed by atoms with E-state index in [1.165, 1.54) is 58.2 Å². The van der Waals surface area contributed by atoms with Crippen molar-refractivity contribution in [2.75, 3.05) is 68.0 Å². The number of piperidine rings is 4. The fraction of sp³-hybridized carbons (Fsp3) is 0.476. The lowest BCUT2D eigenvalue weighted by atomic mass is 9.78. The summed E-state index contributed by atoms with van der Waals surface area (Å²) in [6.07, 6.45) is 13.5. The van der Waals surface area contributed by atoms with E-state index in [4.69, 9.17) is 9.97 Å². The molecule has 0 radical (unpaired) electrons. The second-order valence-corrected chi connectivity index (χ2v) is 17.0. The third kappa shape index (κ3) is 7.80. The largest absolute Gasteiger partial charge is 0.387 e. The Morgan fingerprint density at radius 1 is 0.860 bits per heavy atom. The molecule has 2 N–H and O–H groups in total. The van der Waals surface area contributed by atoms with Gasteiger partial charge in [-0.25, -0.2) is 9.50 Å². The number of likely N-dealkylation sites (tertiary alicyclic amines) is 1. The second-order valence-electron chi connectivity index (χ2n) is 16.0. The summed E-state index contributed by atoms with van der Waals surface area (Å²) in [6.45, 7) is 7.66. The van der Waals surface area contributed by atoms with Crippen molar-refractivity contribution in [3.05, 3.63) is 66.1 Å². The van der Waals surface area contributed by atoms with Crippen molar-refractivity contribution in [3.8, 4) is 28.0 Å². The van der Waals surface area contributed by atoms with Gasteiger partial charge in [0.2, 0.25) is 16.9 Å². The number of imide groups is 1. The molecule has 9 heterocycles. The van der Waals surface area contributed by atoms with Crippen molar-refractivity contribution in [2.24, 2.45) is 17.8 Å². The van der Waals surface area contributed by atoms with Gasteiger partial charge < -0.3 is 20.0 Å². The molecule has 0 saturated carbocycles. The molecule has 0 unspecified atom stereocenters. The molecule has 5 aromatic rings. The monoisotopic (exact) mass is 784 g/mol. The average Bonchev–Trinajstić information content (AvgIpc) is 3.92. The molecule has 0 spiro atoms. The van der Waals surface area contributed by atoms with Crippen LogP contribution < -0.4 is 20.4 Å². The summed E-state index contributed by atoms with van der Waals surface area (Å²) in [6, 6.07) is 14.0. The zero-order valence-corrected chi connectivity index (χ0v) is 33.1. The Morgan fingerprint density at radius 3 is 2.35 bits per heavy atom. The third-order valence-corrected chi connectivity index (χ3v) is 13.7. The van der Waals surface area contributed by atoms with Gasteiger partial charge in [0.25, 0.3) is 0 Å². The van der Waals surface area contributed by atoms with Crippen molar-refractivity contribution in [1.29, 1.82) is 5.26 Å². The maximum atomic E-state index is 12.3. The molecule has 4 saturated heterocycles. The minimum Gasteiger partial charge on any atom is -0.387 e. The second kappa shape index (κ2) is 16.2. The Hall–Kier alpha value is -5.46. The summed E-state index contributed by atoms with van der Waals surface area (Å²) in [4.78, 5) is 40.8. The van der Waals surface area contributed by atoms with Gasteiger partial charge in [0.1, 0.15) is 11.9 Å². The van der Waals surface area contributed by atoms with Gasteiger partial charge in [-0.05, 0) is 112 Å². The molecule has 5 aromatic heterocycles. The van der Waals surface area contributed by atoms with Crippen molar-refractivity contribution in [3.63, 3.8) is 0 Å². The van der Waals surface area contributed by atoms with E-state index in [1.54, 1.807) is 22.0 Å². The third-order valence-electron chi connectivity index (χ3n) is 12.7. The number of anilines is 3. The van der Waals surface area contributed by atoms with Crippen LogP contribution in [0.5, 0.6) is 0 Å². The highest BCUT2D eigenvalue weighted by Crippen LogP contribution is 2.39. The maximum absolute atomic E-state index is 12.3. The summed E-state index contributed by atoms with van der Waals surface area (Å²) < 4.78 is 1.80. The van der Waals surface area contributed by atoms with E-state index >= 15 is 0 Å². The van der Waals surface area contributed by atoms with Gasteiger partial charge in [-0.1, -0.05) is 17.4 Å². The number of nitrogens with one attached hydrogen (secondary N) is 2. The van der Waals surface area contributed by atoms with Gasteiger partial charge in [-0.3, -0.25) is 19.9 Å². The quantitative estimate of drug-likeness (QED) is 0.179. The molecule has 4 fully saturated rings. The van der Waals surface area contributed by atoms with Crippen LogP contribution in [0.2, 0.25) is 0 Å². The Labute approximate surface area is 336 Å². The number of rotatable bonds is 9. The number of hydrogen-bond acceptors (Lipinski definition) is 13. The molecular formula is C42H48N12O2S. The lowest BCUT2D eigenvalue weighted by Crippen LogP contribution is -2.44. The van der Waals surface area contributed by atoms with Crippen molar-refractivity contribution in [2.45, 2.75) is 57.3 Å². The summed E-state index contributed by atoms with van der Waals surface area (Å²) >= 11 is 1.63. The van der Waals surface area contributed by atoms with Gasteiger partial charge >= 0.3 is 0 Å².